The predicted octanol–water partition coefficient (Wildman–Crippen LogP) is 3.11. The molecule has 1 rings (SSSR count). The summed E-state index contributed by atoms with van der Waals surface area (Å²) < 4.78 is 113. The van der Waals surface area contributed by atoms with Crippen LogP contribution in [-0.4, -0.2) is 48.6 Å². The molecule has 1 aromatic carbocycles. The Kier molecular flexibility index (Phi) is 6.76. The number of benzene rings is 1. The van der Waals surface area contributed by atoms with Crippen LogP contribution in [0.25, 0.3) is 0 Å². The average Bonchev–Trinajstić information content (AvgIpc) is 2.51. The lowest BCUT2D eigenvalue weighted by atomic mass is 10.0. The molecule has 162 valence electrons. The predicted molar refractivity (Wildman–Crippen MR) is 86.6 cm³/mol. The van der Waals surface area contributed by atoms with E-state index in [4.69, 9.17) is 4.55 Å². The molecule has 0 bridgehead atoms. The molecule has 1 aromatic rings. The SMILES string of the molecule is C=C(C)C(=O)Nc1ccccc1C(=O)OC(CS(=O)(=O)O)(C(F)(F)F)C(F)(F)F. The molecule has 0 radical (unpaired) electrons. The second kappa shape index (κ2) is 8.02. The van der Waals surface area contributed by atoms with Crippen molar-refractivity contribution in [3.05, 3.63) is 42.0 Å². The van der Waals surface area contributed by atoms with Crippen LogP contribution in [-0.2, 0) is 19.6 Å². The Morgan fingerprint density at radius 2 is 1.59 bits per heavy atom. The Balaban J connectivity index is 3.51. The van der Waals surface area contributed by atoms with Gasteiger partial charge in [0.25, 0.3) is 16.0 Å². The number of carbonyl (C=O) groups excluding carboxylic acids is 2. The van der Waals surface area contributed by atoms with Gasteiger partial charge in [-0.2, -0.15) is 34.8 Å². The molecule has 0 aliphatic rings. The second-order valence-corrected chi connectivity index (χ2v) is 7.17. The van der Waals surface area contributed by atoms with Crippen LogP contribution < -0.4 is 5.32 Å². The fourth-order valence-corrected chi connectivity index (χ4v) is 2.84. The minimum absolute atomic E-state index is 0.0977. The van der Waals surface area contributed by atoms with Crippen molar-refractivity contribution in [2.45, 2.75) is 24.9 Å². The summed E-state index contributed by atoms with van der Waals surface area (Å²) in [6, 6.07) is 3.95. The molecule has 0 aliphatic carbocycles. The van der Waals surface area contributed by atoms with Crippen LogP contribution in [0.5, 0.6) is 0 Å². The number of hydrogen-bond acceptors (Lipinski definition) is 5. The van der Waals surface area contributed by atoms with Crippen LogP contribution in [0.2, 0.25) is 0 Å². The summed E-state index contributed by atoms with van der Waals surface area (Å²) >= 11 is 0. The minimum atomic E-state index is -6.47. The smallest absolute Gasteiger partial charge is 0.435 e. The maximum absolute atomic E-state index is 13.2. The first-order valence-corrected chi connectivity index (χ1v) is 8.90. The number of nitrogens with one attached hydrogen (secondary N) is 1. The Morgan fingerprint density at radius 3 is 2.00 bits per heavy atom. The van der Waals surface area contributed by atoms with Crippen molar-refractivity contribution in [3.63, 3.8) is 0 Å². The highest BCUT2D eigenvalue weighted by Crippen LogP contribution is 2.47. The lowest BCUT2D eigenvalue weighted by molar-refractivity contribution is -0.356. The number of halogens is 6. The van der Waals surface area contributed by atoms with Crippen molar-refractivity contribution in [1.82, 2.24) is 0 Å². The molecule has 0 spiro atoms. The summed E-state index contributed by atoms with van der Waals surface area (Å²) in [6.07, 6.45) is -12.9. The minimum Gasteiger partial charge on any atom is -0.435 e. The first-order valence-electron chi connectivity index (χ1n) is 7.29. The van der Waals surface area contributed by atoms with E-state index >= 15 is 0 Å². The Morgan fingerprint density at radius 1 is 1.10 bits per heavy atom. The van der Waals surface area contributed by atoms with Gasteiger partial charge in [0.15, 0.2) is 0 Å². The topological polar surface area (TPSA) is 110 Å². The molecular formula is C15H13F6NO6S. The Labute approximate surface area is 160 Å². The van der Waals surface area contributed by atoms with Crippen LogP contribution in [0.15, 0.2) is 36.4 Å². The van der Waals surface area contributed by atoms with Gasteiger partial charge in [-0.1, -0.05) is 18.7 Å². The maximum Gasteiger partial charge on any atom is 0.438 e. The molecule has 0 heterocycles. The number of carbonyl (C=O) groups is 2. The summed E-state index contributed by atoms with van der Waals surface area (Å²) in [6.45, 7) is 4.51. The number of rotatable bonds is 6. The molecule has 0 atom stereocenters. The highest BCUT2D eigenvalue weighted by atomic mass is 32.2. The molecule has 0 unspecified atom stereocenters. The third-order valence-electron chi connectivity index (χ3n) is 3.35. The first-order chi connectivity index (χ1) is 12.9. The summed E-state index contributed by atoms with van der Waals surface area (Å²) in [7, 11) is -5.91. The van der Waals surface area contributed by atoms with E-state index in [-0.39, 0.29) is 5.57 Å². The molecular weight excluding hydrogens is 436 g/mol. The molecule has 14 heteroatoms. The summed E-state index contributed by atoms with van der Waals surface area (Å²) in [5.74, 6) is -6.17. The number of anilines is 1. The second-order valence-electron chi connectivity index (χ2n) is 5.72. The zero-order chi connectivity index (χ0) is 22.8. The van der Waals surface area contributed by atoms with Crippen LogP contribution in [0.3, 0.4) is 0 Å². The maximum atomic E-state index is 13.2. The number of alkyl halides is 6. The van der Waals surface area contributed by atoms with Gasteiger partial charge < -0.3 is 10.1 Å². The van der Waals surface area contributed by atoms with Gasteiger partial charge in [-0.15, -0.1) is 0 Å². The van der Waals surface area contributed by atoms with Crippen molar-refractivity contribution < 1.29 is 53.6 Å². The molecule has 0 aromatic heterocycles. The Bertz CT molecular complexity index is 908. The van der Waals surface area contributed by atoms with Gasteiger partial charge in [0.05, 0.1) is 11.3 Å². The van der Waals surface area contributed by atoms with Crippen LogP contribution in [0.1, 0.15) is 17.3 Å². The van der Waals surface area contributed by atoms with Gasteiger partial charge in [-0.05, 0) is 19.1 Å². The summed E-state index contributed by atoms with van der Waals surface area (Å²) in [4.78, 5) is 23.8. The molecule has 7 nitrogen and oxygen atoms in total. The van der Waals surface area contributed by atoms with Gasteiger partial charge in [-0.3, -0.25) is 9.35 Å². The first kappa shape index (κ1) is 24.4. The number of ether oxygens (including phenoxy) is 1. The van der Waals surface area contributed by atoms with E-state index in [1.807, 2.05) is 5.32 Å². The normalized spacial score (nSPS) is 13.0. The molecule has 0 fully saturated rings. The largest absolute Gasteiger partial charge is 0.438 e. The van der Waals surface area contributed by atoms with Gasteiger partial charge in [-0.25, -0.2) is 4.79 Å². The van der Waals surface area contributed by atoms with E-state index in [0.29, 0.717) is 0 Å². The zero-order valence-corrected chi connectivity index (χ0v) is 15.2. The van der Waals surface area contributed by atoms with Gasteiger partial charge >= 0.3 is 23.9 Å². The number of esters is 1. The van der Waals surface area contributed by atoms with Crippen molar-refractivity contribution in [2.75, 3.05) is 11.1 Å². The van der Waals surface area contributed by atoms with Crippen LogP contribution in [0.4, 0.5) is 32.0 Å². The summed E-state index contributed by atoms with van der Waals surface area (Å²) in [5, 5.41) is 2.03. The standard InChI is InChI=1S/C15H13F6NO6S/c1-8(2)11(23)22-10-6-4-3-5-9(10)12(24)28-13(14(16,17)18,15(19,20)21)7-29(25,26)27/h3-6H,1,7H2,2H3,(H,22,23)(H,25,26,27). The van der Waals surface area contributed by atoms with Crippen molar-refractivity contribution in [1.29, 1.82) is 0 Å². The lowest BCUT2D eigenvalue weighted by Crippen LogP contribution is -2.63. The fourth-order valence-electron chi connectivity index (χ4n) is 1.94. The quantitative estimate of drug-likeness (QED) is 0.299. The molecule has 0 aliphatic heterocycles. The van der Waals surface area contributed by atoms with Gasteiger partial charge in [0.1, 0.15) is 5.75 Å². The number of para-hydroxylation sites is 1. The van der Waals surface area contributed by atoms with Crippen molar-refractivity contribution >= 4 is 27.7 Å². The highest BCUT2D eigenvalue weighted by molar-refractivity contribution is 7.85. The Hall–Kier alpha value is -2.61. The summed E-state index contributed by atoms with van der Waals surface area (Å²) in [5.41, 5.74) is -7.11. The van der Waals surface area contributed by atoms with Crippen molar-refractivity contribution in [3.8, 4) is 0 Å². The number of amides is 1. The zero-order valence-electron chi connectivity index (χ0n) is 14.4. The molecule has 2 N–H and O–H groups in total. The van der Waals surface area contributed by atoms with E-state index in [2.05, 4.69) is 11.3 Å². The average molecular weight is 449 g/mol. The third kappa shape index (κ3) is 5.69. The van der Waals surface area contributed by atoms with Crippen molar-refractivity contribution in [2.24, 2.45) is 0 Å². The molecule has 0 saturated heterocycles. The lowest BCUT2D eigenvalue weighted by Gasteiger charge is -2.35. The third-order valence-corrected chi connectivity index (χ3v) is 4.12. The van der Waals surface area contributed by atoms with E-state index in [1.165, 1.54) is 13.0 Å². The molecule has 1 amide bonds. The fraction of sp³-hybridized carbons (Fsp3) is 0.333. The van der Waals surface area contributed by atoms with E-state index in [1.54, 1.807) is 0 Å². The monoisotopic (exact) mass is 449 g/mol. The van der Waals surface area contributed by atoms with Crippen LogP contribution in [0, 0.1) is 0 Å². The van der Waals surface area contributed by atoms with Gasteiger partial charge in [0.2, 0.25) is 0 Å². The van der Waals surface area contributed by atoms with E-state index in [9.17, 15) is 44.3 Å². The molecule has 0 saturated carbocycles. The number of hydrogen-bond donors (Lipinski definition) is 2. The van der Waals surface area contributed by atoms with Gasteiger partial charge in [0, 0.05) is 5.57 Å². The highest BCUT2D eigenvalue weighted by Gasteiger charge is 2.76. The molecule has 29 heavy (non-hydrogen) atoms. The van der Waals surface area contributed by atoms with E-state index in [0.717, 1.165) is 18.2 Å². The van der Waals surface area contributed by atoms with E-state index < -0.39 is 57.0 Å². The van der Waals surface area contributed by atoms with Crippen LogP contribution >= 0.6 is 0 Å².